The van der Waals surface area contributed by atoms with Gasteiger partial charge in [0.15, 0.2) is 5.65 Å². The summed E-state index contributed by atoms with van der Waals surface area (Å²) in [5, 5.41) is 11.2. The molecule has 0 atom stereocenters. The molecule has 33 heavy (non-hydrogen) atoms. The van der Waals surface area contributed by atoms with Crippen molar-refractivity contribution in [2.24, 2.45) is 0 Å². The van der Waals surface area contributed by atoms with E-state index in [9.17, 15) is 9.59 Å². The van der Waals surface area contributed by atoms with Crippen LogP contribution < -0.4 is 10.6 Å². The highest BCUT2D eigenvalue weighted by Gasteiger charge is 2.21. The number of rotatable bonds is 5. The molecule has 2 amide bonds. The lowest BCUT2D eigenvalue weighted by Gasteiger charge is -2.14. The number of carbonyl (C=O) groups excluding carboxylic acids is 2. The zero-order valence-corrected chi connectivity index (χ0v) is 20.6. The summed E-state index contributed by atoms with van der Waals surface area (Å²) in [7, 11) is 0. The predicted octanol–water partition coefficient (Wildman–Crippen LogP) is 6.22. The van der Waals surface area contributed by atoms with E-state index in [2.05, 4.69) is 21.8 Å². The van der Waals surface area contributed by atoms with Crippen molar-refractivity contribution in [1.29, 1.82) is 0 Å². The molecule has 1 aromatic carbocycles. The van der Waals surface area contributed by atoms with Crippen LogP contribution in [-0.4, -0.2) is 26.6 Å². The number of hydrogen-bond acceptors (Lipinski definition) is 5. The molecule has 2 N–H and O–H groups in total. The van der Waals surface area contributed by atoms with Crippen molar-refractivity contribution in [3.8, 4) is 11.3 Å². The Morgan fingerprint density at radius 1 is 1.09 bits per heavy atom. The van der Waals surface area contributed by atoms with E-state index in [1.165, 1.54) is 11.8 Å². The summed E-state index contributed by atoms with van der Waals surface area (Å²) >= 11 is 7.85. The molecule has 3 aromatic heterocycles. The van der Waals surface area contributed by atoms with E-state index in [1.807, 2.05) is 32.4 Å². The highest BCUT2D eigenvalue weighted by atomic mass is 35.5. The molecule has 0 spiro atoms. The number of aromatic nitrogens is 3. The maximum absolute atomic E-state index is 13.5. The second-order valence-corrected chi connectivity index (χ2v) is 10.0. The molecule has 3 heterocycles. The number of nitrogens with zero attached hydrogens (tertiary/aromatic N) is 3. The van der Waals surface area contributed by atoms with E-state index < -0.39 is 0 Å². The molecule has 0 saturated carbocycles. The van der Waals surface area contributed by atoms with Gasteiger partial charge in [0.2, 0.25) is 5.91 Å². The number of nitrogens with one attached hydrogen (secondary N) is 2. The Kier molecular flexibility index (Phi) is 6.23. The molecule has 0 saturated heterocycles. The second-order valence-electron chi connectivity index (χ2n) is 8.13. The molecule has 4 rings (SSSR count). The van der Waals surface area contributed by atoms with Crippen LogP contribution in [0.5, 0.6) is 0 Å². The average Bonchev–Trinajstić information content (AvgIpc) is 3.31. The number of hydrogen-bond donors (Lipinski definition) is 2. The molecule has 7 nitrogen and oxygen atoms in total. The van der Waals surface area contributed by atoms with Gasteiger partial charge < -0.3 is 10.6 Å². The van der Waals surface area contributed by atoms with E-state index in [4.69, 9.17) is 16.6 Å². The standard InChI is InChI=1S/C24H24ClN5O2S/c1-12(2)30-23-19(11-26-30)18(10-21(28-23)17-8-13(3)33-14(17)4)24(32)29-22-9-16(25)6-7-20(22)27-15(5)31/h6-12H,1-5H3,(H,27,31)(H,29,32). The molecule has 170 valence electrons. The number of halogens is 1. The number of carbonyl (C=O) groups is 2. The van der Waals surface area contributed by atoms with Crippen molar-refractivity contribution in [1.82, 2.24) is 14.8 Å². The lowest BCUT2D eigenvalue weighted by Crippen LogP contribution is -2.16. The summed E-state index contributed by atoms with van der Waals surface area (Å²) in [6.07, 6.45) is 1.67. The van der Waals surface area contributed by atoms with Gasteiger partial charge in [0, 0.05) is 33.3 Å². The number of fused-ring (bicyclic) bond motifs is 1. The van der Waals surface area contributed by atoms with Crippen LogP contribution in [0.1, 0.15) is 46.9 Å². The summed E-state index contributed by atoms with van der Waals surface area (Å²) in [4.78, 5) is 32.3. The van der Waals surface area contributed by atoms with Gasteiger partial charge in [-0.3, -0.25) is 9.59 Å². The Labute approximate surface area is 200 Å². The molecule has 0 fully saturated rings. The van der Waals surface area contributed by atoms with Gasteiger partial charge in [-0.15, -0.1) is 11.3 Å². The number of benzene rings is 1. The normalized spacial score (nSPS) is 11.2. The Morgan fingerprint density at radius 2 is 1.85 bits per heavy atom. The molecule has 0 radical (unpaired) electrons. The van der Waals surface area contributed by atoms with E-state index in [1.54, 1.807) is 41.8 Å². The van der Waals surface area contributed by atoms with Crippen molar-refractivity contribution in [3.63, 3.8) is 0 Å². The fraction of sp³-hybridized carbons (Fsp3) is 0.250. The van der Waals surface area contributed by atoms with Crippen LogP contribution in [0.25, 0.3) is 22.3 Å². The third-order valence-electron chi connectivity index (χ3n) is 5.16. The van der Waals surface area contributed by atoms with E-state index in [0.717, 1.165) is 10.4 Å². The van der Waals surface area contributed by atoms with Crippen LogP contribution >= 0.6 is 22.9 Å². The van der Waals surface area contributed by atoms with Gasteiger partial charge >= 0.3 is 0 Å². The molecule has 9 heteroatoms. The zero-order valence-electron chi connectivity index (χ0n) is 19.0. The summed E-state index contributed by atoms with van der Waals surface area (Å²) in [6.45, 7) is 9.54. The maximum Gasteiger partial charge on any atom is 0.256 e. The minimum Gasteiger partial charge on any atom is -0.325 e. The second kappa shape index (κ2) is 8.96. The molecule has 4 aromatic rings. The van der Waals surface area contributed by atoms with Gasteiger partial charge in [0.1, 0.15) is 0 Å². The lowest BCUT2D eigenvalue weighted by atomic mass is 10.1. The Balaban J connectivity index is 1.85. The summed E-state index contributed by atoms with van der Waals surface area (Å²) in [6, 6.07) is 8.86. The SMILES string of the molecule is CC(=O)Nc1ccc(Cl)cc1NC(=O)c1cc(-c2cc(C)sc2C)nc2c1cnn2C(C)C. The van der Waals surface area contributed by atoms with E-state index >= 15 is 0 Å². The molecule has 0 bridgehead atoms. The van der Waals surface area contributed by atoms with Crippen LogP contribution in [0.4, 0.5) is 11.4 Å². The lowest BCUT2D eigenvalue weighted by molar-refractivity contribution is -0.114. The first-order chi connectivity index (χ1) is 15.6. The van der Waals surface area contributed by atoms with Crippen LogP contribution in [0.15, 0.2) is 36.5 Å². The van der Waals surface area contributed by atoms with Gasteiger partial charge in [-0.1, -0.05) is 11.6 Å². The number of pyridine rings is 1. The Bertz CT molecular complexity index is 1390. The number of aryl methyl sites for hydroxylation is 2. The maximum atomic E-state index is 13.5. The van der Waals surface area contributed by atoms with E-state index in [-0.39, 0.29) is 17.9 Å². The quantitative estimate of drug-likeness (QED) is 0.354. The fourth-order valence-electron chi connectivity index (χ4n) is 3.72. The summed E-state index contributed by atoms with van der Waals surface area (Å²) in [5.41, 5.74) is 3.67. The average molecular weight is 482 g/mol. The first-order valence-electron chi connectivity index (χ1n) is 10.5. The van der Waals surface area contributed by atoms with Gasteiger partial charge in [-0.2, -0.15) is 5.10 Å². The molecule has 0 unspecified atom stereocenters. The first kappa shape index (κ1) is 22.9. The van der Waals surface area contributed by atoms with Gasteiger partial charge in [0.25, 0.3) is 5.91 Å². The Hall–Kier alpha value is -3.23. The predicted molar refractivity (Wildman–Crippen MR) is 134 cm³/mol. The molecule has 0 aliphatic heterocycles. The van der Waals surface area contributed by atoms with Crippen LogP contribution in [0, 0.1) is 13.8 Å². The smallest absolute Gasteiger partial charge is 0.256 e. The largest absolute Gasteiger partial charge is 0.325 e. The van der Waals surface area contributed by atoms with Crippen LogP contribution in [0.2, 0.25) is 5.02 Å². The molecular weight excluding hydrogens is 458 g/mol. The van der Waals surface area contributed by atoms with E-state index in [0.29, 0.717) is 38.7 Å². The van der Waals surface area contributed by atoms with Crippen molar-refractivity contribution >= 4 is 57.2 Å². The van der Waals surface area contributed by atoms with Crippen molar-refractivity contribution in [2.45, 2.75) is 40.7 Å². The highest BCUT2D eigenvalue weighted by Crippen LogP contribution is 2.33. The van der Waals surface area contributed by atoms with Gasteiger partial charge in [-0.05, 0) is 58.0 Å². The number of thiophene rings is 1. The summed E-state index contributed by atoms with van der Waals surface area (Å²) < 4.78 is 1.81. The minimum atomic E-state index is -0.342. The van der Waals surface area contributed by atoms with Crippen molar-refractivity contribution < 1.29 is 9.59 Å². The van der Waals surface area contributed by atoms with Crippen LogP contribution in [0.3, 0.4) is 0 Å². The Morgan fingerprint density at radius 3 is 2.48 bits per heavy atom. The highest BCUT2D eigenvalue weighted by molar-refractivity contribution is 7.12. The van der Waals surface area contributed by atoms with Crippen molar-refractivity contribution in [3.05, 3.63) is 56.9 Å². The fourth-order valence-corrected chi connectivity index (χ4v) is 4.82. The summed E-state index contributed by atoms with van der Waals surface area (Å²) in [5.74, 6) is -0.589. The molecular formula is C24H24ClN5O2S. The van der Waals surface area contributed by atoms with Crippen LogP contribution in [-0.2, 0) is 4.79 Å². The third kappa shape index (κ3) is 4.62. The number of amides is 2. The topological polar surface area (TPSA) is 88.9 Å². The van der Waals surface area contributed by atoms with Gasteiger partial charge in [0.05, 0.1) is 34.2 Å². The van der Waals surface area contributed by atoms with Gasteiger partial charge in [-0.25, -0.2) is 9.67 Å². The molecule has 0 aliphatic rings. The monoisotopic (exact) mass is 481 g/mol. The minimum absolute atomic E-state index is 0.0748. The zero-order chi connectivity index (χ0) is 23.9. The van der Waals surface area contributed by atoms with Crippen molar-refractivity contribution in [2.75, 3.05) is 10.6 Å². The molecule has 0 aliphatic carbocycles. The third-order valence-corrected chi connectivity index (χ3v) is 6.36. The number of anilines is 2. The first-order valence-corrected chi connectivity index (χ1v) is 11.7.